The largest absolute Gasteiger partial charge is 0.497 e. The number of aromatic amines is 1. The molecule has 326 valence electrons. The predicted octanol–water partition coefficient (Wildman–Crippen LogP) is 9.91. The minimum Gasteiger partial charge on any atom is -0.497 e. The van der Waals surface area contributed by atoms with Crippen molar-refractivity contribution in [3.8, 4) is 28.3 Å². The van der Waals surface area contributed by atoms with Crippen LogP contribution in [0.1, 0.15) is 33.4 Å². The number of nitrogens with zero attached hydrogens (tertiary/aromatic N) is 4. The van der Waals surface area contributed by atoms with E-state index in [9.17, 15) is 9.90 Å². The van der Waals surface area contributed by atoms with Gasteiger partial charge in [0.05, 0.1) is 38.0 Å². The third-order valence-corrected chi connectivity index (χ3v) is 11.9. The molecule has 0 aliphatic carbocycles. The highest BCUT2D eigenvalue weighted by Crippen LogP contribution is 2.47. The Kier molecular flexibility index (Phi) is 11.6. The third kappa shape index (κ3) is 7.45. The SMILES string of the molecule is COc1ccc(-c2[nH]c3nc4c(ncn4COCCO)c(=O)n3c2-c2ccc(C(OOC(c3ccccc3)(c3ccccc3)c3ccccc3)(c3ccccc3)c3ccccc3)cc2)cc1. The van der Waals surface area contributed by atoms with Gasteiger partial charge in [-0.2, -0.15) is 4.98 Å². The van der Waals surface area contributed by atoms with Crippen molar-refractivity contribution in [2.45, 2.75) is 17.9 Å². The molecule has 0 aliphatic rings. The normalized spacial score (nSPS) is 11.9. The van der Waals surface area contributed by atoms with Gasteiger partial charge in [-0.05, 0) is 57.6 Å². The van der Waals surface area contributed by atoms with Gasteiger partial charge < -0.3 is 19.6 Å². The van der Waals surface area contributed by atoms with Crippen LogP contribution in [0.3, 0.4) is 0 Å². The lowest BCUT2D eigenvalue weighted by Gasteiger charge is -2.40. The van der Waals surface area contributed by atoms with Gasteiger partial charge in [0.2, 0.25) is 5.78 Å². The molecule has 3 aromatic heterocycles. The number of hydrogen-bond acceptors (Lipinski definition) is 8. The standard InChI is InChI=1S/C55H45N5O6/c1-63-47-33-29-39(30-34-47)48-50(60-52(62)49-51(58-53(60)57-48)59(37-56-49)38-64-36-35-61)40-27-31-46(32-28-40)55(44-23-13-5-14-24-44,45-25-15-6-16-26-45)66-65-54(41-17-7-2-8-18-41,42-19-9-3-10-20-42)43-21-11-4-12-22-43/h2-34,37,61H,35-36,38H2,1H3,(H,57,58). The van der Waals surface area contributed by atoms with Gasteiger partial charge in [0, 0.05) is 11.1 Å². The van der Waals surface area contributed by atoms with Crippen molar-refractivity contribution in [1.29, 1.82) is 0 Å². The van der Waals surface area contributed by atoms with Gasteiger partial charge in [-0.1, -0.05) is 176 Å². The van der Waals surface area contributed by atoms with Gasteiger partial charge in [0.15, 0.2) is 22.4 Å². The third-order valence-electron chi connectivity index (χ3n) is 11.9. The van der Waals surface area contributed by atoms with E-state index in [2.05, 4.69) is 46.4 Å². The number of hydrogen-bond donors (Lipinski definition) is 2. The Hall–Kier alpha value is -7.93. The van der Waals surface area contributed by atoms with Gasteiger partial charge in [-0.3, -0.25) is 9.36 Å². The molecule has 0 radical (unpaired) electrons. The fourth-order valence-corrected chi connectivity index (χ4v) is 8.77. The predicted molar refractivity (Wildman–Crippen MR) is 254 cm³/mol. The highest BCUT2D eigenvalue weighted by atomic mass is 17.2. The average Bonchev–Trinajstić information content (AvgIpc) is 3.99. The summed E-state index contributed by atoms with van der Waals surface area (Å²) in [6, 6.07) is 66.2. The molecule has 10 rings (SSSR count). The molecule has 0 bridgehead atoms. The van der Waals surface area contributed by atoms with Crippen LogP contribution in [0.25, 0.3) is 39.5 Å². The summed E-state index contributed by atoms with van der Waals surface area (Å²) in [7, 11) is 1.62. The molecule has 0 fully saturated rings. The van der Waals surface area contributed by atoms with Gasteiger partial charge in [0.25, 0.3) is 5.56 Å². The number of aromatic nitrogens is 5. The number of rotatable bonds is 16. The van der Waals surface area contributed by atoms with Crippen molar-refractivity contribution in [2.75, 3.05) is 20.3 Å². The maximum absolute atomic E-state index is 14.6. The fourth-order valence-electron chi connectivity index (χ4n) is 8.77. The first-order chi connectivity index (χ1) is 32.5. The maximum Gasteiger partial charge on any atom is 0.287 e. The van der Waals surface area contributed by atoms with E-state index < -0.39 is 11.2 Å². The zero-order valence-corrected chi connectivity index (χ0v) is 36.0. The Balaban J connectivity index is 1.17. The summed E-state index contributed by atoms with van der Waals surface area (Å²) in [6.07, 6.45) is 1.52. The Bertz CT molecular complexity index is 3110. The van der Waals surface area contributed by atoms with E-state index in [0.717, 1.165) is 44.5 Å². The highest BCUT2D eigenvalue weighted by Gasteiger charge is 2.46. The maximum atomic E-state index is 14.6. The molecule has 0 spiro atoms. The van der Waals surface area contributed by atoms with E-state index in [1.807, 2.05) is 164 Å². The zero-order chi connectivity index (χ0) is 44.9. The quantitative estimate of drug-likeness (QED) is 0.0426. The molecule has 2 N–H and O–H groups in total. The summed E-state index contributed by atoms with van der Waals surface area (Å²) >= 11 is 0. The second kappa shape index (κ2) is 18.3. The van der Waals surface area contributed by atoms with Crippen LogP contribution in [0.2, 0.25) is 0 Å². The second-order valence-corrected chi connectivity index (χ2v) is 15.7. The Labute approximate surface area is 380 Å². The van der Waals surface area contributed by atoms with Crippen LogP contribution in [0.4, 0.5) is 0 Å². The molecule has 0 amide bonds. The van der Waals surface area contributed by atoms with E-state index in [0.29, 0.717) is 28.6 Å². The molecule has 10 aromatic rings. The lowest BCUT2D eigenvalue weighted by atomic mass is 9.79. The van der Waals surface area contributed by atoms with Crippen molar-refractivity contribution >= 4 is 16.9 Å². The van der Waals surface area contributed by atoms with Gasteiger partial charge in [0.1, 0.15) is 12.5 Å². The minimum atomic E-state index is -1.33. The summed E-state index contributed by atoms with van der Waals surface area (Å²) < 4.78 is 14.3. The van der Waals surface area contributed by atoms with E-state index >= 15 is 0 Å². The molecule has 11 nitrogen and oxygen atoms in total. The number of aliphatic hydroxyl groups is 1. The number of imidazole rings is 2. The van der Waals surface area contributed by atoms with Crippen molar-refractivity contribution in [2.24, 2.45) is 0 Å². The Morgan fingerprint density at radius 3 is 1.45 bits per heavy atom. The molecular weight excluding hydrogens is 827 g/mol. The summed E-state index contributed by atoms with van der Waals surface area (Å²) in [5.41, 5.74) is 5.51. The number of fused-ring (bicyclic) bond motifs is 2. The Morgan fingerprint density at radius 2 is 1.02 bits per heavy atom. The molecule has 0 unspecified atom stereocenters. The fraction of sp³-hybridized carbons (Fsp3) is 0.109. The van der Waals surface area contributed by atoms with Crippen LogP contribution in [0, 0.1) is 0 Å². The number of methoxy groups -OCH3 is 1. The smallest absolute Gasteiger partial charge is 0.287 e. The molecule has 0 aliphatic heterocycles. The van der Waals surface area contributed by atoms with Crippen LogP contribution in [-0.2, 0) is 32.4 Å². The topological polar surface area (TPSA) is 125 Å². The van der Waals surface area contributed by atoms with Crippen molar-refractivity contribution in [3.63, 3.8) is 0 Å². The average molecular weight is 872 g/mol. The molecule has 11 heteroatoms. The molecular formula is C55H45N5O6. The molecule has 3 heterocycles. The van der Waals surface area contributed by atoms with Crippen LogP contribution in [0.5, 0.6) is 5.75 Å². The molecule has 0 saturated carbocycles. The van der Waals surface area contributed by atoms with Crippen LogP contribution in [0.15, 0.2) is 211 Å². The number of H-pyrrole nitrogens is 1. The number of ether oxygens (including phenoxy) is 2. The summed E-state index contributed by atoms with van der Waals surface area (Å²) in [5.74, 6) is 1.01. The number of benzene rings is 7. The first kappa shape index (κ1) is 42.0. The first-order valence-electron chi connectivity index (χ1n) is 21.6. The first-order valence-corrected chi connectivity index (χ1v) is 21.6. The van der Waals surface area contributed by atoms with Crippen molar-refractivity contribution < 1.29 is 24.4 Å². The summed E-state index contributed by atoms with van der Waals surface area (Å²) in [5, 5.41) is 9.30. The summed E-state index contributed by atoms with van der Waals surface area (Å²) in [4.78, 5) is 42.0. The van der Waals surface area contributed by atoms with Crippen LogP contribution in [-0.4, -0.2) is 49.3 Å². The monoisotopic (exact) mass is 871 g/mol. The lowest BCUT2D eigenvalue weighted by molar-refractivity contribution is -0.388. The number of aliphatic hydroxyl groups excluding tert-OH is 1. The molecule has 0 saturated heterocycles. The minimum absolute atomic E-state index is 0.0690. The lowest BCUT2D eigenvalue weighted by Crippen LogP contribution is -2.40. The van der Waals surface area contributed by atoms with Crippen LogP contribution >= 0.6 is 0 Å². The van der Waals surface area contributed by atoms with Gasteiger partial charge in [-0.15, -0.1) is 0 Å². The Morgan fingerprint density at radius 1 is 0.576 bits per heavy atom. The zero-order valence-electron chi connectivity index (χ0n) is 36.0. The second-order valence-electron chi connectivity index (χ2n) is 15.7. The number of nitrogens with one attached hydrogen (secondary N) is 1. The van der Waals surface area contributed by atoms with Gasteiger partial charge in [-0.25, -0.2) is 19.2 Å². The highest BCUT2D eigenvalue weighted by molar-refractivity contribution is 5.84. The van der Waals surface area contributed by atoms with Crippen molar-refractivity contribution in [1.82, 2.24) is 23.9 Å². The van der Waals surface area contributed by atoms with E-state index in [1.54, 1.807) is 16.1 Å². The van der Waals surface area contributed by atoms with E-state index in [4.69, 9.17) is 24.2 Å². The summed E-state index contributed by atoms with van der Waals surface area (Å²) in [6.45, 7) is 0.0649. The van der Waals surface area contributed by atoms with Crippen LogP contribution < -0.4 is 10.3 Å². The van der Waals surface area contributed by atoms with E-state index in [1.165, 1.54) is 6.33 Å². The molecule has 7 aromatic carbocycles. The van der Waals surface area contributed by atoms with E-state index in [-0.39, 0.29) is 31.0 Å². The molecule has 66 heavy (non-hydrogen) atoms. The molecule has 0 atom stereocenters. The van der Waals surface area contributed by atoms with Crippen molar-refractivity contribution in [3.05, 3.63) is 250 Å². The van der Waals surface area contributed by atoms with Gasteiger partial charge >= 0.3 is 0 Å².